The summed E-state index contributed by atoms with van der Waals surface area (Å²) in [5, 5.41) is 9.59. The summed E-state index contributed by atoms with van der Waals surface area (Å²) in [6, 6.07) is 21.3. The number of nitrogens with zero attached hydrogens (tertiary/aromatic N) is 3. The average molecular weight is 496 g/mol. The molecular formula is C30H29N3O4. The molecule has 188 valence electrons. The molecule has 2 aliphatic rings. The van der Waals surface area contributed by atoms with Gasteiger partial charge in [-0.2, -0.15) is 0 Å². The molecule has 0 radical (unpaired) electrons. The Kier molecular flexibility index (Phi) is 5.91. The molecule has 2 heterocycles. The summed E-state index contributed by atoms with van der Waals surface area (Å²) in [7, 11) is 1.66. The Labute approximate surface area is 215 Å². The predicted molar refractivity (Wildman–Crippen MR) is 142 cm³/mol. The molecule has 1 saturated carbocycles. The van der Waals surface area contributed by atoms with Crippen LogP contribution in [-0.2, 0) is 11.3 Å². The SMILES string of the molecule is COc1ccc(-c2ccc(-c3nc4ccc(C(=O)O)cc4n3C[C@H]3CCN(C(=O)C4CC4)C3)cc2)cc1. The van der Waals surface area contributed by atoms with Crippen LogP contribution in [0.25, 0.3) is 33.5 Å². The average Bonchev–Trinajstić information content (AvgIpc) is 3.58. The lowest BCUT2D eigenvalue weighted by atomic mass is 10.0. The van der Waals surface area contributed by atoms with Gasteiger partial charge in [0, 0.05) is 31.1 Å². The Balaban J connectivity index is 1.33. The van der Waals surface area contributed by atoms with Crippen molar-refractivity contribution in [2.45, 2.75) is 25.8 Å². The minimum absolute atomic E-state index is 0.228. The number of ether oxygens (including phenoxy) is 1. The fourth-order valence-electron chi connectivity index (χ4n) is 5.28. The van der Waals surface area contributed by atoms with Gasteiger partial charge in [0.05, 0.1) is 23.7 Å². The number of imidazole rings is 1. The zero-order valence-corrected chi connectivity index (χ0v) is 20.8. The molecule has 1 atom stereocenters. The van der Waals surface area contributed by atoms with Crippen molar-refractivity contribution in [2.75, 3.05) is 20.2 Å². The number of hydrogen-bond acceptors (Lipinski definition) is 4. The van der Waals surface area contributed by atoms with Crippen LogP contribution in [0.2, 0.25) is 0 Å². The number of carbonyl (C=O) groups excluding carboxylic acids is 1. The second kappa shape index (κ2) is 9.39. The third-order valence-corrected chi connectivity index (χ3v) is 7.53. The van der Waals surface area contributed by atoms with E-state index in [0.717, 1.165) is 71.6 Å². The highest BCUT2D eigenvalue weighted by atomic mass is 16.5. The second-order valence-electron chi connectivity index (χ2n) is 10.1. The van der Waals surface area contributed by atoms with Crippen LogP contribution in [0, 0.1) is 11.8 Å². The van der Waals surface area contributed by atoms with E-state index in [9.17, 15) is 14.7 Å². The molecule has 7 heteroatoms. The first-order valence-electron chi connectivity index (χ1n) is 12.8. The van der Waals surface area contributed by atoms with Gasteiger partial charge in [-0.15, -0.1) is 0 Å². The maximum absolute atomic E-state index is 12.6. The van der Waals surface area contributed by atoms with E-state index < -0.39 is 5.97 Å². The maximum Gasteiger partial charge on any atom is 0.335 e. The Morgan fingerprint density at radius 1 is 0.946 bits per heavy atom. The highest BCUT2D eigenvalue weighted by molar-refractivity contribution is 5.93. The molecule has 3 aromatic carbocycles. The van der Waals surface area contributed by atoms with Crippen molar-refractivity contribution in [3.05, 3.63) is 72.3 Å². The zero-order valence-electron chi connectivity index (χ0n) is 20.8. The first kappa shape index (κ1) is 23.3. The van der Waals surface area contributed by atoms with E-state index in [2.05, 4.69) is 28.8 Å². The normalized spacial score (nSPS) is 17.3. The predicted octanol–water partition coefficient (Wildman–Crippen LogP) is 5.34. The van der Waals surface area contributed by atoms with Crippen molar-refractivity contribution < 1.29 is 19.4 Å². The van der Waals surface area contributed by atoms with E-state index in [0.29, 0.717) is 18.4 Å². The summed E-state index contributed by atoms with van der Waals surface area (Å²) in [5.41, 5.74) is 4.97. The van der Waals surface area contributed by atoms with Crippen LogP contribution in [0.3, 0.4) is 0 Å². The van der Waals surface area contributed by atoms with Crippen LogP contribution in [0.5, 0.6) is 5.75 Å². The van der Waals surface area contributed by atoms with Crippen molar-refractivity contribution in [1.29, 1.82) is 0 Å². The summed E-state index contributed by atoms with van der Waals surface area (Å²) >= 11 is 0. The molecular weight excluding hydrogens is 466 g/mol. The van der Waals surface area contributed by atoms with Crippen LogP contribution in [0.4, 0.5) is 0 Å². The molecule has 4 aromatic rings. The van der Waals surface area contributed by atoms with E-state index in [4.69, 9.17) is 9.72 Å². The molecule has 2 fully saturated rings. The van der Waals surface area contributed by atoms with Crippen molar-refractivity contribution in [2.24, 2.45) is 11.8 Å². The molecule has 1 saturated heterocycles. The van der Waals surface area contributed by atoms with Crippen LogP contribution < -0.4 is 4.74 Å². The Bertz CT molecular complexity index is 1470. The second-order valence-corrected chi connectivity index (χ2v) is 10.1. The Morgan fingerprint density at radius 3 is 2.27 bits per heavy atom. The molecule has 1 N–H and O–H groups in total. The first-order chi connectivity index (χ1) is 18.0. The van der Waals surface area contributed by atoms with E-state index in [1.54, 1.807) is 25.3 Å². The molecule has 1 aliphatic heterocycles. The van der Waals surface area contributed by atoms with Gasteiger partial charge in [-0.05, 0) is 66.6 Å². The van der Waals surface area contributed by atoms with Crippen LogP contribution in [0.15, 0.2) is 66.7 Å². The topological polar surface area (TPSA) is 84.7 Å². The van der Waals surface area contributed by atoms with Crippen LogP contribution in [0.1, 0.15) is 29.6 Å². The number of hydrogen-bond donors (Lipinski definition) is 1. The Morgan fingerprint density at radius 2 is 1.62 bits per heavy atom. The molecule has 7 nitrogen and oxygen atoms in total. The summed E-state index contributed by atoms with van der Waals surface area (Å²) < 4.78 is 7.41. The van der Waals surface area contributed by atoms with Gasteiger partial charge in [-0.25, -0.2) is 9.78 Å². The molecule has 1 aliphatic carbocycles. The van der Waals surface area contributed by atoms with E-state index >= 15 is 0 Å². The van der Waals surface area contributed by atoms with Crippen LogP contribution in [-0.4, -0.2) is 51.6 Å². The molecule has 0 spiro atoms. The number of fused-ring (bicyclic) bond motifs is 1. The van der Waals surface area contributed by atoms with Gasteiger partial charge in [0.2, 0.25) is 5.91 Å². The number of rotatable bonds is 7. The lowest BCUT2D eigenvalue weighted by molar-refractivity contribution is -0.131. The van der Waals surface area contributed by atoms with E-state index in [1.165, 1.54) is 0 Å². The number of carboxylic acids is 1. The van der Waals surface area contributed by atoms with Crippen molar-refractivity contribution >= 4 is 22.9 Å². The lowest BCUT2D eigenvalue weighted by Crippen LogP contribution is -2.30. The van der Waals surface area contributed by atoms with E-state index in [1.807, 2.05) is 29.2 Å². The number of methoxy groups -OCH3 is 1. The number of aromatic nitrogens is 2. The van der Waals surface area contributed by atoms with Crippen molar-refractivity contribution in [3.63, 3.8) is 0 Å². The van der Waals surface area contributed by atoms with Gasteiger partial charge in [-0.3, -0.25) is 4.79 Å². The molecule has 1 amide bonds. The highest BCUT2D eigenvalue weighted by Crippen LogP contribution is 2.34. The number of aromatic carboxylic acids is 1. The summed E-state index contributed by atoms with van der Waals surface area (Å²) in [6.07, 6.45) is 2.97. The first-order valence-corrected chi connectivity index (χ1v) is 12.8. The smallest absolute Gasteiger partial charge is 0.335 e. The number of likely N-dealkylation sites (tertiary alicyclic amines) is 1. The van der Waals surface area contributed by atoms with Crippen molar-refractivity contribution in [1.82, 2.24) is 14.5 Å². The van der Waals surface area contributed by atoms with Gasteiger partial charge in [0.15, 0.2) is 0 Å². The molecule has 6 rings (SSSR count). The third-order valence-electron chi connectivity index (χ3n) is 7.53. The highest BCUT2D eigenvalue weighted by Gasteiger charge is 2.36. The largest absolute Gasteiger partial charge is 0.497 e. The van der Waals surface area contributed by atoms with Crippen molar-refractivity contribution in [3.8, 4) is 28.3 Å². The van der Waals surface area contributed by atoms with E-state index in [-0.39, 0.29) is 11.5 Å². The van der Waals surface area contributed by atoms with Gasteiger partial charge >= 0.3 is 5.97 Å². The monoisotopic (exact) mass is 495 g/mol. The summed E-state index contributed by atoms with van der Waals surface area (Å²) in [5.74, 6) is 1.49. The van der Waals surface area contributed by atoms with Gasteiger partial charge in [0.25, 0.3) is 0 Å². The molecule has 0 bridgehead atoms. The summed E-state index contributed by atoms with van der Waals surface area (Å²) in [4.78, 5) is 31.2. The molecule has 0 unspecified atom stereocenters. The standard InChI is InChI=1S/C30H29N3O4/c1-37-25-11-8-21(9-12-25)20-2-4-22(5-3-20)28-31-26-13-10-24(30(35)36)16-27(26)33(28)18-19-14-15-32(17-19)29(34)23-6-7-23/h2-5,8-13,16,19,23H,6-7,14-15,17-18H2,1H3,(H,35,36)/t19-/m0/s1. The van der Waals surface area contributed by atoms with Gasteiger partial charge in [-0.1, -0.05) is 36.4 Å². The molecule has 1 aromatic heterocycles. The number of carboxylic acid groups (broad SMARTS) is 1. The molecule has 37 heavy (non-hydrogen) atoms. The quantitative estimate of drug-likeness (QED) is 0.374. The minimum Gasteiger partial charge on any atom is -0.497 e. The number of carbonyl (C=O) groups is 2. The lowest BCUT2D eigenvalue weighted by Gasteiger charge is -2.18. The number of amides is 1. The maximum atomic E-state index is 12.6. The minimum atomic E-state index is -0.956. The fraction of sp³-hybridized carbons (Fsp3) is 0.300. The summed E-state index contributed by atoms with van der Waals surface area (Å²) in [6.45, 7) is 2.21. The van der Waals surface area contributed by atoms with Crippen LogP contribution >= 0.6 is 0 Å². The van der Waals surface area contributed by atoms with Gasteiger partial charge < -0.3 is 19.3 Å². The number of benzene rings is 3. The fourth-order valence-corrected chi connectivity index (χ4v) is 5.28. The third kappa shape index (κ3) is 4.57. The zero-order chi connectivity index (χ0) is 25.5. The Hall–Kier alpha value is -4.13. The van der Waals surface area contributed by atoms with Gasteiger partial charge in [0.1, 0.15) is 11.6 Å².